The molecule has 0 saturated heterocycles. The standard InChI is InChI=1S/C61H43N7O2S3/c1-32-6-12-37(13-7-32)54-43-20-22-45(63-43)55(38-14-8-33(2)9-15-38)47-24-26-49(65-47)57(50-27-25-48(66-50)56(46-23-21-44(54)64-46)39-16-10-34(3)11-17-39)60-36(5)29-53(72-60)42-19-18-41(58-59(42)68-73-67-58)52-28-35(4)51(71-52)30-40(31-62)61(69)70/h6-30,63,66H,1-5H3,(H,69,70)/b40-30+,54-43?,54-44?,55-45?,55-47?,56-46?,56-48?,57-49?,57-50?. The van der Waals surface area contributed by atoms with Crippen molar-refractivity contribution in [1.82, 2.24) is 28.7 Å². The van der Waals surface area contributed by atoms with Gasteiger partial charge in [0.15, 0.2) is 0 Å². The summed E-state index contributed by atoms with van der Waals surface area (Å²) in [7, 11) is 0. The third-order valence-corrected chi connectivity index (χ3v) is 16.5. The van der Waals surface area contributed by atoms with Crippen molar-refractivity contribution in [1.29, 1.82) is 5.26 Å². The summed E-state index contributed by atoms with van der Waals surface area (Å²) in [6, 6.07) is 44.8. The van der Waals surface area contributed by atoms with Crippen LogP contribution in [-0.4, -0.2) is 39.8 Å². The van der Waals surface area contributed by atoms with Gasteiger partial charge in [-0.15, -0.1) is 22.7 Å². The monoisotopic (exact) mass is 1000 g/mol. The highest BCUT2D eigenvalue weighted by Crippen LogP contribution is 2.46. The summed E-state index contributed by atoms with van der Waals surface area (Å²) in [4.78, 5) is 34.3. The first-order chi connectivity index (χ1) is 35.5. The van der Waals surface area contributed by atoms with Crippen molar-refractivity contribution in [3.05, 3.63) is 182 Å². The zero-order valence-electron chi connectivity index (χ0n) is 40.3. The molecule has 9 nitrogen and oxygen atoms in total. The largest absolute Gasteiger partial charge is 0.477 e. The number of H-pyrrole nitrogens is 2. The molecule has 0 atom stereocenters. The maximum absolute atomic E-state index is 11.7. The second-order valence-corrected chi connectivity index (χ2v) is 21.1. The van der Waals surface area contributed by atoms with Crippen molar-refractivity contribution in [3.8, 4) is 70.8 Å². The molecular formula is C61H43N7O2S3. The summed E-state index contributed by atoms with van der Waals surface area (Å²) in [6.45, 7) is 10.4. The lowest BCUT2D eigenvalue weighted by molar-refractivity contribution is -0.132. The van der Waals surface area contributed by atoms with E-state index in [1.807, 2.05) is 13.0 Å². The second-order valence-electron chi connectivity index (χ2n) is 18.5. The number of aliphatic carboxylic acids is 1. The third-order valence-electron chi connectivity index (χ3n) is 13.4. The molecule has 0 saturated carbocycles. The van der Waals surface area contributed by atoms with Crippen LogP contribution in [-0.2, 0) is 4.79 Å². The van der Waals surface area contributed by atoms with Gasteiger partial charge in [0, 0.05) is 75.0 Å². The van der Waals surface area contributed by atoms with Crippen LogP contribution in [0.1, 0.15) is 55.5 Å². The van der Waals surface area contributed by atoms with Crippen LogP contribution in [0.3, 0.4) is 0 Å². The molecule has 4 aromatic carbocycles. The van der Waals surface area contributed by atoms with Crippen molar-refractivity contribution in [3.63, 3.8) is 0 Å². The van der Waals surface area contributed by atoms with Crippen LogP contribution in [0.15, 0.2) is 127 Å². The van der Waals surface area contributed by atoms with Crippen molar-refractivity contribution in [2.24, 2.45) is 0 Å². The van der Waals surface area contributed by atoms with Crippen LogP contribution in [0.2, 0.25) is 0 Å². The van der Waals surface area contributed by atoms with E-state index in [0.717, 1.165) is 143 Å². The van der Waals surface area contributed by atoms with Crippen LogP contribution >= 0.6 is 34.4 Å². The predicted molar refractivity (Wildman–Crippen MR) is 303 cm³/mol. The lowest BCUT2D eigenvalue weighted by Gasteiger charge is -2.07. The molecule has 73 heavy (non-hydrogen) atoms. The molecule has 8 heterocycles. The molecule has 0 radical (unpaired) electrons. The second kappa shape index (κ2) is 18.2. The van der Waals surface area contributed by atoms with Gasteiger partial charge in [0.2, 0.25) is 0 Å². The number of aromatic amines is 2. The van der Waals surface area contributed by atoms with E-state index in [4.69, 9.17) is 18.7 Å². The van der Waals surface area contributed by atoms with Gasteiger partial charge in [0.05, 0.1) is 34.5 Å². The number of carboxylic acids is 1. The minimum Gasteiger partial charge on any atom is -0.477 e. The van der Waals surface area contributed by atoms with E-state index in [1.165, 1.54) is 34.1 Å². The number of nitrogens with zero attached hydrogens (tertiary/aromatic N) is 5. The van der Waals surface area contributed by atoms with Gasteiger partial charge < -0.3 is 15.1 Å². The van der Waals surface area contributed by atoms with Gasteiger partial charge >= 0.3 is 5.97 Å². The number of thiophene rings is 2. The molecule has 0 aliphatic carbocycles. The Morgan fingerprint density at radius 3 is 1.36 bits per heavy atom. The van der Waals surface area contributed by atoms with Crippen molar-refractivity contribution in [2.75, 3.05) is 0 Å². The lowest BCUT2D eigenvalue weighted by Crippen LogP contribution is -1.96. The van der Waals surface area contributed by atoms with E-state index >= 15 is 0 Å². The number of hydrogen-bond acceptors (Lipinski definition) is 9. The maximum atomic E-state index is 11.7. The van der Waals surface area contributed by atoms with Gasteiger partial charge in [-0.25, -0.2) is 14.8 Å². The normalized spacial score (nSPS) is 12.2. The summed E-state index contributed by atoms with van der Waals surface area (Å²) < 4.78 is 9.66. The summed E-state index contributed by atoms with van der Waals surface area (Å²) in [5.74, 6) is -1.25. The molecule has 2 aliphatic heterocycles. The number of carboxylic acid groups (broad SMARTS) is 1. The molecule has 12 heteroatoms. The topological polar surface area (TPSA) is 144 Å². The highest BCUT2D eigenvalue weighted by Gasteiger charge is 2.23. The molecular weight excluding hydrogens is 959 g/mol. The third kappa shape index (κ3) is 8.23. The Balaban J connectivity index is 1.11. The van der Waals surface area contributed by atoms with E-state index < -0.39 is 5.97 Å². The molecule has 10 aromatic rings. The Morgan fingerprint density at radius 2 is 0.932 bits per heavy atom. The number of fused-ring (bicyclic) bond motifs is 9. The Labute approximate surface area is 432 Å². The minimum absolute atomic E-state index is 0.311. The molecule has 2 aliphatic rings. The number of carbonyl (C=O) groups is 1. The first-order valence-electron chi connectivity index (χ1n) is 23.7. The van der Waals surface area contributed by atoms with Crippen LogP contribution in [0.4, 0.5) is 0 Å². The number of nitriles is 1. The minimum atomic E-state index is -1.25. The van der Waals surface area contributed by atoms with Gasteiger partial charge in [-0.3, -0.25) is 0 Å². The highest BCUT2D eigenvalue weighted by atomic mass is 32.1. The lowest BCUT2D eigenvalue weighted by atomic mass is 10.0. The van der Waals surface area contributed by atoms with E-state index in [1.54, 1.807) is 17.4 Å². The number of benzene rings is 4. The molecule has 0 fully saturated rings. The summed E-state index contributed by atoms with van der Waals surface area (Å²) in [6.07, 6.45) is 9.98. The number of nitrogens with one attached hydrogen (secondary N) is 2. The molecule has 0 spiro atoms. The average Bonchev–Trinajstić information content (AvgIpc) is 4.26. The van der Waals surface area contributed by atoms with Crippen LogP contribution in [0.25, 0.3) is 128 Å². The summed E-state index contributed by atoms with van der Waals surface area (Å²) >= 11 is 4.29. The Bertz CT molecular complexity index is 4190. The van der Waals surface area contributed by atoms with Gasteiger partial charge in [0.1, 0.15) is 22.7 Å². The molecule has 8 bridgehead atoms. The van der Waals surface area contributed by atoms with E-state index in [9.17, 15) is 15.2 Å². The van der Waals surface area contributed by atoms with Gasteiger partial charge in [-0.2, -0.15) is 14.0 Å². The highest BCUT2D eigenvalue weighted by molar-refractivity contribution is 7.19. The smallest absolute Gasteiger partial charge is 0.346 e. The van der Waals surface area contributed by atoms with Crippen LogP contribution in [0, 0.1) is 45.9 Å². The maximum Gasteiger partial charge on any atom is 0.346 e. The van der Waals surface area contributed by atoms with Crippen LogP contribution < -0.4 is 0 Å². The van der Waals surface area contributed by atoms with Gasteiger partial charge in [-0.1, -0.05) is 102 Å². The van der Waals surface area contributed by atoms with Crippen LogP contribution in [0.5, 0.6) is 0 Å². The van der Waals surface area contributed by atoms with E-state index in [0.29, 0.717) is 4.88 Å². The van der Waals surface area contributed by atoms with E-state index in [2.05, 4.69) is 177 Å². The number of hydrogen-bond donors (Lipinski definition) is 3. The molecule has 352 valence electrons. The quantitative estimate of drug-likeness (QED) is 0.102. The average molecular weight is 1000 g/mol. The Kier molecular flexibility index (Phi) is 11.4. The first-order valence-corrected chi connectivity index (χ1v) is 26.0. The number of aromatic nitrogens is 6. The molecule has 6 aromatic heterocycles. The number of rotatable bonds is 8. The van der Waals surface area contributed by atoms with Gasteiger partial charge in [-0.05, 0) is 129 Å². The fraction of sp³-hybridized carbons (Fsp3) is 0.0820. The van der Waals surface area contributed by atoms with Crippen molar-refractivity contribution >= 4 is 104 Å². The fourth-order valence-electron chi connectivity index (χ4n) is 9.69. The molecule has 3 N–H and O–H groups in total. The molecule has 12 rings (SSSR count). The van der Waals surface area contributed by atoms with Crippen molar-refractivity contribution in [2.45, 2.75) is 34.6 Å². The summed E-state index contributed by atoms with van der Waals surface area (Å²) in [5.41, 5.74) is 22.9. The van der Waals surface area contributed by atoms with E-state index in [-0.39, 0.29) is 5.57 Å². The summed E-state index contributed by atoms with van der Waals surface area (Å²) in [5, 5.41) is 19.0. The zero-order chi connectivity index (χ0) is 50.1. The molecule has 0 amide bonds. The SMILES string of the molecule is Cc1ccc(-c2c3nc(c(-c4ccc(C)cc4)c4ccc([nH]4)c(-c4sc(-c5ccc(-c6cc(C)c(/C=C(\C#N)C(=O)O)s6)c6nsnc56)cc4C)c4nc(c(-c5ccc(C)cc5)c5ccc2[nH]5)C=C4)C=C3)cc1. The fourth-order valence-corrected chi connectivity index (χ4v) is 12.7. The Morgan fingerprint density at radius 1 is 0.534 bits per heavy atom. The van der Waals surface area contributed by atoms with Crippen molar-refractivity contribution < 1.29 is 9.90 Å². The predicted octanol–water partition coefficient (Wildman–Crippen LogP) is 16.3. The Hall–Kier alpha value is -8.60. The first kappa shape index (κ1) is 45.5. The van der Waals surface area contributed by atoms with Gasteiger partial charge in [0.25, 0.3) is 0 Å². The molecule has 0 unspecified atom stereocenters. The zero-order valence-corrected chi connectivity index (χ0v) is 42.7. The number of aryl methyl sites for hydroxylation is 5.